The molecule has 3 rings (SSSR count). The molecule has 0 amide bonds. The van der Waals surface area contributed by atoms with Gasteiger partial charge in [0.15, 0.2) is 0 Å². The maximum Gasteiger partial charge on any atom is 0.0726 e. The summed E-state index contributed by atoms with van der Waals surface area (Å²) in [6, 6.07) is 4.67. The fraction of sp³-hybridized carbons (Fsp3) is 0.667. The minimum Gasteiger partial charge on any atom is -0.339 e. The van der Waals surface area contributed by atoms with Gasteiger partial charge in [-0.25, -0.2) is 0 Å². The van der Waals surface area contributed by atoms with Crippen molar-refractivity contribution >= 4 is 75.0 Å². The first-order chi connectivity index (χ1) is 14.1. The fourth-order valence-electron chi connectivity index (χ4n) is 4.42. The lowest BCUT2D eigenvalue weighted by molar-refractivity contribution is 0.365. The predicted molar refractivity (Wildman–Crippen MR) is 141 cm³/mol. The molecule has 0 aliphatic rings. The molecule has 0 aromatic carbocycles. The Kier molecular flexibility index (Phi) is 10.1. The topological polar surface area (TPSA) is 4.93 Å². The highest BCUT2D eigenvalue weighted by Crippen LogP contribution is 2.43. The van der Waals surface area contributed by atoms with Gasteiger partial charge in [0.05, 0.1) is 28.0 Å². The Morgan fingerprint density at radius 1 is 0.724 bits per heavy atom. The van der Waals surface area contributed by atoms with Crippen molar-refractivity contribution in [3.8, 4) is 0 Å². The number of hydrogen-bond donors (Lipinski definition) is 0. The van der Waals surface area contributed by atoms with Crippen LogP contribution in [-0.2, 0) is 6.54 Å². The Morgan fingerprint density at radius 3 is 1.69 bits per heavy atom. The molecular weight excluding hydrogens is 526 g/mol. The molecule has 1 atom stereocenters. The molecule has 1 nitrogen and oxygen atoms in total. The quantitative estimate of drug-likeness (QED) is 0.173. The molecule has 0 aliphatic heterocycles. The molecule has 0 spiro atoms. The van der Waals surface area contributed by atoms with Gasteiger partial charge in [-0.2, -0.15) is 0 Å². The highest BCUT2D eigenvalue weighted by molar-refractivity contribution is 9.11. The number of aromatic nitrogens is 1. The average molecular weight is 561 g/mol. The van der Waals surface area contributed by atoms with Crippen molar-refractivity contribution in [3.05, 3.63) is 19.7 Å². The van der Waals surface area contributed by atoms with E-state index < -0.39 is 0 Å². The van der Waals surface area contributed by atoms with E-state index in [1.54, 1.807) is 0 Å². The van der Waals surface area contributed by atoms with Crippen molar-refractivity contribution in [1.82, 2.24) is 4.57 Å². The maximum absolute atomic E-state index is 3.73. The van der Waals surface area contributed by atoms with Gasteiger partial charge in [0.25, 0.3) is 0 Å². The van der Waals surface area contributed by atoms with Crippen molar-refractivity contribution in [1.29, 1.82) is 0 Å². The van der Waals surface area contributed by atoms with Crippen LogP contribution in [0.2, 0.25) is 0 Å². The average Bonchev–Trinajstić information content (AvgIpc) is 3.33. The summed E-state index contributed by atoms with van der Waals surface area (Å²) in [7, 11) is 0. The number of hydrogen-bond acceptors (Lipinski definition) is 2. The molecule has 0 aliphatic carbocycles. The van der Waals surface area contributed by atoms with Crippen LogP contribution in [0.1, 0.15) is 90.9 Å². The molecule has 29 heavy (non-hydrogen) atoms. The second-order valence-electron chi connectivity index (χ2n) is 8.41. The van der Waals surface area contributed by atoms with Crippen LogP contribution in [0.25, 0.3) is 20.4 Å². The van der Waals surface area contributed by atoms with Crippen molar-refractivity contribution in [2.24, 2.45) is 5.92 Å². The van der Waals surface area contributed by atoms with Crippen molar-refractivity contribution in [2.45, 2.75) is 97.4 Å². The molecule has 162 valence electrons. The number of thiophene rings is 2. The summed E-state index contributed by atoms with van der Waals surface area (Å²) in [5.41, 5.74) is 2.86. The third kappa shape index (κ3) is 6.57. The smallest absolute Gasteiger partial charge is 0.0726 e. The van der Waals surface area contributed by atoms with E-state index >= 15 is 0 Å². The normalized spacial score (nSPS) is 13.1. The van der Waals surface area contributed by atoms with E-state index in [4.69, 9.17) is 0 Å². The van der Waals surface area contributed by atoms with Gasteiger partial charge in [-0.3, -0.25) is 0 Å². The molecule has 0 N–H and O–H groups in total. The molecule has 3 aromatic rings. The minimum atomic E-state index is 0.800. The minimum absolute atomic E-state index is 0.800. The molecule has 3 heterocycles. The van der Waals surface area contributed by atoms with E-state index in [2.05, 4.69) is 62.4 Å². The summed E-state index contributed by atoms with van der Waals surface area (Å²) < 4.78 is 8.02. The summed E-state index contributed by atoms with van der Waals surface area (Å²) in [6.45, 7) is 5.79. The molecule has 0 fully saturated rings. The van der Waals surface area contributed by atoms with E-state index in [9.17, 15) is 0 Å². The first-order valence-corrected chi connectivity index (χ1v) is 14.7. The zero-order valence-corrected chi connectivity index (χ0v) is 22.7. The number of fused-ring (bicyclic) bond motifs is 3. The van der Waals surface area contributed by atoms with Crippen LogP contribution in [0.5, 0.6) is 0 Å². The largest absolute Gasteiger partial charge is 0.339 e. The monoisotopic (exact) mass is 559 g/mol. The lowest BCUT2D eigenvalue weighted by atomic mass is 9.94. The summed E-state index contributed by atoms with van der Waals surface area (Å²) in [5.74, 6) is 0.800. The lowest BCUT2D eigenvalue weighted by Crippen LogP contribution is -2.11. The van der Waals surface area contributed by atoms with Gasteiger partial charge in [0, 0.05) is 6.54 Å². The van der Waals surface area contributed by atoms with Gasteiger partial charge >= 0.3 is 0 Å². The molecule has 0 radical (unpaired) electrons. The van der Waals surface area contributed by atoms with E-state index in [0.29, 0.717) is 0 Å². The second-order valence-corrected chi connectivity index (χ2v) is 13.3. The second kappa shape index (κ2) is 12.3. The Hall–Kier alpha value is 0.160. The SMILES string of the molecule is CCCCCCCCC(CCCCCC)Cn1c2cc(Br)sc2c2sc(Br)cc21. The Bertz CT molecular complexity index is 822. The Balaban J connectivity index is 1.71. The van der Waals surface area contributed by atoms with Crippen LogP contribution in [0.15, 0.2) is 19.7 Å². The molecule has 0 bridgehead atoms. The third-order valence-electron chi connectivity index (χ3n) is 6.03. The number of halogens is 2. The molecule has 5 heteroatoms. The standard InChI is InChI=1S/C24H35Br2NS2/c1-3-5-7-9-10-12-14-18(13-11-8-6-4-2)17-27-19-15-21(25)28-23(19)24-20(27)16-22(26)29-24/h15-16,18H,3-14,17H2,1-2H3. The van der Waals surface area contributed by atoms with Gasteiger partial charge in [0.2, 0.25) is 0 Å². The van der Waals surface area contributed by atoms with Crippen LogP contribution in [0.4, 0.5) is 0 Å². The highest BCUT2D eigenvalue weighted by Gasteiger charge is 2.19. The van der Waals surface area contributed by atoms with E-state index in [-0.39, 0.29) is 0 Å². The highest BCUT2D eigenvalue weighted by atomic mass is 79.9. The Labute approximate surface area is 201 Å². The number of unbranched alkanes of at least 4 members (excludes halogenated alkanes) is 8. The van der Waals surface area contributed by atoms with Crippen LogP contribution in [0.3, 0.4) is 0 Å². The summed E-state index contributed by atoms with van der Waals surface area (Å²) in [4.78, 5) is 0. The van der Waals surface area contributed by atoms with E-state index in [1.807, 2.05) is 22.7 Å². The zero-order valence-electron chi connectivity index (χ0n) is 17.9. The van der Waals surface area contributed by atoms with Crippen molar-refractivity contribution < 1.29 is 0 Å². The number of rotatable bonds is 14. The van der Waals surface area contributed by atoms with E-state index in [0.717, 1.165) is 5.92 Å². The molecule has 3 aromatic heterocycles. The fourth-order valence-corrected chi connectivity index (χ4v) is 7.74. The van der Waals surface area contributed by atoms with Gasteiger partial charge in [0.1, 0.15) is 0 Å². The first kappa shape index (κ1) is 23.8. The summed E-state index contributed by atoms with van der Waals surface area (Å²) >= 11 is 11.2. The first-order valence-electron chi connectivity index (χ1n) is 11.5. The maximum atomic E-state index is 3.73. The van der Waals surface area contributed by atoms with Gasteiger partial charge in [-0.1, -0.05) is 78.1 Å². The van der Waals surface area contributed by atoms with Gasteiger partial charge in [-0.05, 0) is 62.8 Å². The van der Waals surface area contributed by atoms with Crippen LogP contribution in [0, 0.1) is 5.92 Å². The van der Waals surface area contributed by atoms with Crippen LogP contribution in [-0.4, -0.2) is 4.57 Å². The predicted octanol–water partition coefficient (Wildman–Crippen LogP) is 10.8. The van der Waals surface area contributed by atoms with Crippen molar-refractivity contribution in [2.75, 3.05) is 0 Å². The molecular formula is C24H35Br2NS2. The van der Waals surface area contributed by atoms with Crippen molar-refractivity contribution in [3.63, 3.8) is 0 Å². The molecule has 0 saturated heterocycles. The lowest BCUT2D eigenvalue weighted by Gasteiger charge is -2.19. The molecule has 0 saturated carbocycles. The molecule has 1 unspecified atom stereocenters. The number of nitrogens with zero attached hydrogens (tertiary/aromatic N) is 1. The van der Waals surface area contributed by atoms with Crippen LogP contribution < -0.4 is 0 Å². The zero-order chi connectivity index (χ0) is 20.6. The third-order valence-corrected chi connectivity index (χ3v) is 9.44. The van der Waals surface area contributed by atoms with Gasteiger partial charge in [-0.15, -0.1) is 22.7 Å². The Morgan fingerprint density at radius 2 is 1.17 bits per heavy atom. The van der Waals surface area contributed by atoms with Gasteiger partial charge < -0.3 is 4.57 Å². The summed E-state index contributed by atoms with van der Waals surface area (Å²) in [6.07, 6.45) is 16.7. The van der Waals surface area contributed by atoms with E-state index in [1.165, 1.54) is 112 Å². The summed E-state index contributed by atoms with van der Waals surface area (Å²) in [5, 5.41) is 0. The van der Waals surface area contributed by atoms with Crippen LogP contribution >= 0.6 is 54.5 Å².